The lowest BCUT2D eigenvalue weighted by Gasteiger charge is -2.22. The molecule has 0 aromatic carbocycles. The smallest absolute Gasteiger partial charge is 0.146 e. The molecule has 1 heterocycles. The van der Waals surface area contributed by atoms with Crippen LogP contribution in [0.15, 0.2) is 10.8 Å². The quantitative estimate of drug-likeness (QED) is 0.710. The number of aromatic nitrogens is 2. The number of rotatable bonds is 7. The van der Waals surface area contributed by atoms with Gasteiger partial charge in [-0.2, -0.15) is 11.8 Å². The molecule has 0 aliphatic heterocycles. The Hall–Kier alpha value is -0.530. The summed E-state index contributed by atoms with van der Waals surface area (Å²) in [6.45, 7) is 4.98. The Morgan fingerprint density at radius 2 is 2.11 bits per heavy atom. The number of aliphatic hydroxyl groups excluding tert-OH is 1. The summed E-state index contributed by atoms with van der Waals surface area (Å²) in [5.74, 6) is 1.51. The van der Waals surface area contributed by atoms with Crippen LogP contribution >= 0.6 is 27.7 Å². The summed E-state index contributed by atoms with van der Waals surface area (Å²) in [7, 11) is 0. The molecule has 0 spiro atoms. The van der Waals surface area contributed by atoms with Crippen molar-refractivity contribution in [3.05, 3.63) is 10.8 Å². The van der Waals surface area contributed by atoms with E-state index in [-0.39, 0.29) is 17.9 Å². The van der Waals surface area contributed by atoms with E-state index in [9.17, 15) is 5.11 Å². The van der Waals surface area contributed by atoms with E-state index in [0.29, 0.717) is 0 Å². The minimum absolute atomic E-state index is 0.116. The first-order valence-corrected chi connectivity index (χ1v) is 7.86. The van der Waals surface area contributed by atoms with E-state index in [2.05, 4.69) is 36.5 Å². The Morgan fingerprint density at radius 3 is 2.67 bits per heavy atom. The number of aliphatic hydroxyl groups is 1. The lowest BCUT2D eigenvalue weighted by atomic mass is 10.2. The second kappa shape index (κ2) is 7.81. The van der Waals surface area contributed by atoms with E-state index >= 15 is 0 Å². The highest BCUT2D eigenvalue weighted by Crippen LogP contribution is 2.27. The molecule has 0 saturated heterocycles. The van der Waals surface area contributed by atoms with Crippen molar-refractivity contribution in [1.82, 2.24) is 9.97 Å². The van der Waals surface area contributed by atoms with Gasteiger partial charge in [-0.25, -0.2) is 9.97 Å². The monoisotopic (exact) mass is 334 g/mol. The Bertz CT molecular complexity index is 376. The van der Waals surface area contributed by atoms with Crippen molar-refractivity contribution in [2.75, 3.05) is 30.0 Å². The van der Waals surface area contributed by atoms with Gasteiger partial charge in [0, 0.05) is 17.8 Å². The first-order valence-electron chi connectivity index (χ1n) is 5.78. The van der Waals surface area contributed by atoms with Crippen LogP contribution < -0.4 is 10.6 Å². The highest BCUT2D eigenvalue weighted by molar-refractivity contribution is 9.10. The fourth-order valence-electron chi connectivity index (χ4n) is 1.51. The summed E-state index contributed by atoms with van der Waals surface area (Å²) in [6, 6.07) is 0.116. The van der Waals surface area contributed by atoms with E-state index in [1.165, 1.54) is 6.33 Å². The van der Waals surface area contributed by atoms with Gasteiger partial charge in [0.2, 0.25) is 0 Å². The van der Waals surface area contributed by atoms with Crippen LogP contribution in [-0.2, 0) is 0 Å². The number of thioether (sulfide) groups is 1. The van der Waals surface area contributed by atoms with Crippen molar-refractivity contribution in [3.8, 4) is 0 Å². The van der Waals surface area contributed by atoms with Crippen LogP contribution in [0.5, 0.6) is 0 Å². The average molecular weight is 335 g/mol. The molecule has 1 rings (SSSR count). The van der Waals surface area contributed by atoms with Crippen LogP contribution in [0.2, 0.25) is 0 Å². The molecular weight excluding hydrogens is 316 g/mol. The molecule has 0 bridgehead atoms. The predicted octanol–water partition coefficient (Wildman–Crippen LogP) is 2.20. The van der Waals surface area contributed by atoms with Crippen LogP contribution in [-0.4, -0.2) is 45.8 Å². The Kier molecular flexibility index (Phi) is 6.73. The molecule has 1 aromatic rings. The maximum atomic E-state index is 9.26. The van der Waals surface area contributed by atoms with Crippen molar-refractivity contribution in [3.63, 3.8) is 0 Å². The van der Waals surface area contributed by atoms with Crippen molar-refractivity contribution in [1.29, 1.82) is 0 Å². The van der Waals surface area contributed by atoms with Crippen LogP contribution in [0.3, 0.4) is 0 Å². The van der Waals surface area contributed by atoms with Gasteiger partial charge in [-0.15, -0.1) is 0 Å². The Balaban J connectivity index is 2.81. The van der Waals surface area contributed by atoms with E-state index < -0.39 is 0 Å². The van der Waals surface area contributed by atoms with Gasteiger partial charge >= 0.3 is 0 Å². The number of anilines is 2. The van der Waals surface area contributed by atoms with Gasteiger partial charge in [0.25, 0.3) is 0 Å². The topological polar surface area (TPSA) is 70.1 Å². The number of hydrogen-bond donors (Lipinski definition) is 3. The highest BCUT2D eigenvalue weighted by Gasteiger charge is 2.17. The molecular formula is C11H19BrN4OS. The minimum Gasteiger partial charge on any atom is -0.395 e. The maximum Gasteiger partial charge on any atom is 0.146 e. The second-order valence-corrected chi connectivity index (χ2v) is 5.67. The molecule has 18 heavy (non-hydrogen) atoms. The van der Waals surface area contributed by atoms with Crippen LogP contribution in [0, 0.1) is 0 Å². The first-order chi connectivity index (χ1) is 8.63. The standard InChI is InChI=1S/C11H19BrN4OS/c1-4-13-10-9(12)11(15-6-14-10)16-7(2)8(5-17)18-3/h6-8,17H,4-5H2,1-3H3,(H2,13,14,15,16). The summed E-state index contributed by atoms with van der Waals surface area (Å²) in [6.07, 6.45) is 3.50. The summed E-state index contributed by atoms with van der Waals surface area (Å²) in [5, 5.41) is 15.8. The molecule has 2 unspecified atom stereocenters. The zero-order valence-electron chi connectivity index (χ0n) is 10.8. The highest BCUT2D eigenvalue weighted by atomic mass is 79.9. The number of nitrogens with zero attached hydrogens (tertiary/aromatic N) is 2. The normalized spacial score (nSPS) is 14.1. The third-order valence-electron chi connectivity index (χ3n) is 2.54. The van der Waals surface area contributed by atoms with Gasteiger partial charge in [-0.05, 0) is 36.0 Å². The molecule has 0 saturated carbocycles. The zero-order valence-corrected chi connectivity index (χ0v) is 13.2. The van der Waals surface area contributed by atoms with Crippen molar-refractivity contribution >= 4 is 39.3 Å². The van der Waals surface area contributed by atoms with Crippen LogP contribution in [0.4, 0.5) is 11.6 Å². The van der Waals surface area contributed by atoms with Crippen molar-refractivity contribution < 1.29 is 5.11 Å². The molecule has 2 atom stereocenters. The molecule has 0 amide bonds. The van der Waals surface area contributed by atoms with E-state index in [1.54, 1.807) is 11.8 Å². The maximum absolute atomic E-state index is 9.26. The second-order valence-electron chi connectivity index (χ2n) is 3.80. The van der Waals surface area contributed by atoms with E-state index in [1.807, 2.05) is 20.1 Å². The molecule has 102 valence electrons. The van der Waals surface area contributed by atoms with Crippen LogP contribution in [0.25, 0.3) is 0 Å². The van der Waals surface area contributed by atoms with Gasteiger partial charge in [0.05, 0.1) is 6.61 Å². The van der Waals surface area contributed by atoms with Gasteiger partial charge < -0.3 is 15.7 Å². The van der Waals surface area contributed by atoms with Crippen molar-refractivity contribution in [2.45, 2.75) is 25.1 Å². The van der Waals surface area contributed by atoms with Gasteiger partial charge in [-0.3, -0.25) is 0 Å². The Morgan fingerprint density at radius 1 is 1.44 bits per heavy atom. The fraction of sp³-hybridized carbons (Fsp3) is 0.636. The lowest BCUT2D eigenvalue weighted by molar-refractivity contribution is 0.288. The summed E-state index contributed by atoms with van der Waals surface area (Å²) >= 11 is 5.12. The summed E-state index contributed by atoms with van der Waals surface area (Å²) in [4.78, 5) is 8.37. The molecule has 1 aromatic heterocycles. The number of nitrogens with one attached hydrogen (secondary N) is 2. The average Bonchev–Trinajstić information content (AvgIpc) is 2.36. The minimum atomic E-state index is 0.116. The van der Waals surface area contributed by atoms with Crippen LogP contribution in [0.1, 0.15) is 13.8 Å². The largest absolute Gasteiger partial charge is 0.395 e. The van der Waals surface area contributed by atoms with Gasteiger partial charge in [0.15, 0.2) is 0 Å². The third-order valence-corrected chi connectivity index (χ3v) is 4.45. The molecule has 0 aliphatic carbocycles. The predicted molar refractivity (Wildman–Crippen MR) is 81.4 cm³/mol. The third kappa shape index (κ3) is 4.00. The van der Waals surface area contributed by atoms with Crippen molar-refractivity contribution in [2.24, 2.45) is 0 Å². The summed E-state index contributed by atoms with van der Waals surface area (Å²) < 4.78 is 0.816. The molecule has 0 aliphatic rings. The fourth-order valence-corrected chi connectivity index (χ4v) is 2.59. The number of halogens is 1. The van der Waals surface area contributed by atoms with E-state index in [0.717, 1.165) is 22.7 Å². The van der Waals surface area contributed by atoms with E-state index in [4.69, 9.17) is 0 Å². The molecule has 5 nitrogen and oxygen atoms in total. The molecule has 0 radical (unpaired) electrons. The summed E-state index contributed by atoms with van der Waals surface area (Å²) in [5.41, 5.74) is 0. The van der Waals surface area contributed by atoms with Gasteiger partial charge in [-0.1, -0.05) is 0 Å². The van der Waals surface area contributed by atoms with Gasteiger partial charge in [0.1, 0.15) is 22.4 Å². The number of hydrogen-bond acceptors (Lipinski definition) is 6. The SMILES string of the molecule is CCNc1ncnc(NC(C)C(CO)SC)c1Br. The molecule has 3 N–H and O–H groups in total. The first kappa shape index (κ1) is 15.5. The lowest BCUT2D eigenvalue weighted by Crippen LogP contribution is -2.31. The Labute approximate surface area is 120 Å². The molecule has 7 heteroatoms. The molecule has 0 fully saturated rings. The zero-order chi connectivity index (χ0) is 13.5.